The number of hydrogen-bond donors (Lipinski definition) is 2. The maximum atomic E-state index is 11.8. The van der Waals surface area contributed by atoms with Gasteiger partial charge in [-0.3, -0.25) is 4.79 Å². The van der Waals surface area contributed by atoms with Crippen molar-refractivity contribution in [2.24, 2.45) is 0 Å². The van der Waals surface area contributed by atoms with E-state index in [-0.39, 0.29) is 11.9 Å². The Labute approximate surface area is 140 Å². The van der Waals surface area contributed by atoms with Gasteiger partial charge in [0, 0.05) is 13.0 Å². The van der Waals surface area contributed by atoms with Crippen LogP contribution in [0.5, 0.6) is 0 Å². The molecule has 0 spiro atoms. The maximum absolute atomic E-state index is 11.8. The fourth-order valence-corrected chi connectivity index (χ4v) is 2.42. The SMILES string of the molecule is C=CC(C/C=C(\C)OC)NC(=O)CCCCNS(=O)(=O)C(C)C. The second-order valence-corrected chi connectivity index (χ2v) is 7.93. The van der Waals surface area contributed by atoms with E-state index in [1.165, 1.54) is 0 Å². The first-order valence-corrected chi connectivity index (χ1v) is 9.38. The summed E-state index contributed by atoms with van der Waals surface area (Å²) in [6.45, 7) is 9.17. The number of sulfonamides is 1. The van der Waals surface area contributed by atoms with E-state index in [1.807, 2.05) is 13.0 Å². The van der Waals surface area contributed by atoms with E-state index in [0.717, 1.165) is 5.76 Å². The van der Waals surface area contributed by atoms with E-state index in [1.54, 1.807) is 27.0 Å². The lowest BCUT2D eigenvalue weighted by Crippen LogP contribution is -2.33. The normalized spacial score (nSPS) is 13.7. The smallest absolute Gasteiger partial charge is 0.220 e. The molecule has 0 bridgehead atoms. The van der Waals surface area contributed by atoms with Crippen molar-refractivity contribution in [2.45, 2.75) is 57.7 Å². The van der Waals surface area contributed by atoms with Crippen molar-refractivity contribution in [1.82, 2.24) is 10.0 Å². The molecule has 2 N–H and O–H groups in total. The summed E-state index contributed by atoms with van der Waals surface area (Å²) in [7, 11) is -1.62. The zero-order chi connectivity index (χ0) is 17.9. The van der Waals surface area contributed by atoms with Crippen LogP contribution in [0.15, 0.2) is 24.5 Å². The standard InChI is InChI=1S/C16H30N2O4S/c1-6-15(11-10-14(4)22-5)18-16(19)9-7-8-12-17-23(20,21)13(2)3/h6,10,13,15,17H,1,7-9,11-12H2,2-5H3,(H,18,19)/b14-10+. The lowest BCUT2D eigenvalue weighted by atomic mass is 10.1. The van der Waals surface area contributed by atoms with E-state index >= 15 is 0 Å². The van der Waals surface area contributed by atoms with Crippen LogP contribution in [0.3, 0.4) is 0 Å². The third-order valence-corrected chi connectivity index (χ3v) is 5.21. The monoisotopic (exact) mass is 346 g/mol. The predicted octanol–water partition coefficient (Wildman–Crippen LogP) is 2.10. The summed E-state index contributed by atoms with van der Waals surface area (Å²) in [5.41, 5.74) is 0. The highest BCUT2D eigenvalue weighted by Gasteiger charge is 2.14. The minimum absolute atomic E-state index is 0.0647. The number of carbonyl (C=O) groups excluding carboxylic acids is 1. The van der Waals surface area contributed by atoms with Crippen LogP contribution < -0.4 is 10.0 Å². The first-order valence-electron chi connectivity index (χ1n) is 7.84. The van der Waals surface area contributed by atoms with E-state index in [2.05, 4.69) is 16.6 Å². The second-order valence-electron chi connectivity index (χ2n) is 5.61. The molecule has 0 radical (unpaired) electrons. The zero-order valence-electron chi connectivity index (χ0n) is 14.6. The van der Waals surface area contributed by atoms with E-state index < -0.39 is 15.3 Å². The molecule has 0 aromatic heterocycles. The number of allylic oxidation sites excluding steroid dienone is 1. The number of rotatable bonds is 12. The van der Waals surface area contributed by atoms with Crippen LogP contribution in [0.1, 0.15) is 46.5 Å². The summed E-state index contributed by atoms with van der Waals surface area (Å²) in [6.07, 6.45) is 5.83. The molecule has 0 aliphatic rings. The van der Waals surface area contributed by atoms with Crippen molar-refractivity contribution in [3.8, 4) is 0 Å². The topological polar surface area (TPSA) is 84.5 Å². The third kappa shape index (κ3) is 10.1. The van der Waals surface area contributed by atoms with Crippen molar-refractivity contribution < 1.29 is 17.9 Å². The molecule has 7 heteroatoms. The van der Waals surface area contributed by atoms with Gasteiger partial charge in [0.2, 0.25) is 15.9 Å². The average molecular weight is 346 g/mol. The van der Waals surface area contributed by atoms with Gasteiger partial charge in [0.15, 0.2) is 0 Å². The number of hydrogen-bond acceptors (Lipinski definition) is 4. The molecule has 1 unspecified atom stereocenters. The lowest BCUT2D eigenvalue weighted by molar-refractivity contribution is -0.121. The van der Waals surface area contributed by atoms with E-state index in [0.29, 0.717) is 32.2 Å². The Hall–Kier alpha value is -1.34. The molecule has 0 heterocycles. The Bertz CT molecular complexity index is 498. The number of carbonyl (C=O) groups is 1. The number of amides is 1. The van der Waals surface area contributed by atoms with E-state index in [4.69, 9.17) is 4.74 Å². The molecule has 23 heavy (non-hydrogen) atoms. The van der Waals surface area contributed by atoms with Gasteiger partial charge in [0.05, 0.1) is 24.2 Å². The maximum Gasteiger partial charge on any atom is 0.220 e. The zero-order valence-corrected chi connectivity index (χ0v) is 15.4. The summed E-state index contributed by atoms with van der Waals surface area (Å²) >= 11 is 0. The summed E-state index contributed by atoms with van der Waals surface area (Å²) < 4.78 is 30.7. The molecule has 0 aliphatic carbocycles. The molecule has 0 aromatic rings. The minimum Gasteiger partial charge on any atom is -0.502 e. The Morgan fingerprint density at radius 1 is 1.30 bits per heavy atom. The van der Waals surface area contributed by atoms with Gasteiger partial charge >= 0.3 is 0 Å². The van der Waals surface area contributed by atoms with Gasteiger partial charge in [-0.2, -0.15) is 0 Å². The van der Waals surface area contributed by atoms with Crippen LogP contribution >= 0.6 is 0 Å². The molecule has 0 rings (SSSR count). The number of nitrogens with one attached hydrogen (secondary N) is 2. The summed E-state index contributed by atoms with van der Waals surface area (Å²) in [4.78, 5) is 11.8. The van der Waals surface area contributed by atoms with E-state index in [9.17, 15) is 13.2 Å². The Balaban J connectivity index is 4.00. The van der Waals surface area contributed by atoms with Gasteiger partial charge in [0.1, 0.15) is 0 Å². The van der Waals surface area contributed by atoms with Crippen molar-refractivity contribution in [3.63, 3.8) is 0 Å². The molecule has 6 nitrogen and oxygen atoms in total. The van der Waals surface area contributed by atoms with Crippen LogP contribution in [-0.2, 0) is 19.6 Å². The third-order valence-electron chi connectivity index (χ3n) is 3.37. The molecule has 0 saturated heterocycles. The molecule has 1 amide bonds. The molecule has 1 atom stereocenters. The molecule has 0 aliphatic heterocycles. The predicted molar refractivity (Wildman–Crippen MR) is 93.4 cm³/mol. The van der Waals surface area contributed by atoms with Crippen molar-refractivity contribution >= 4 is 15.9 Å². The highest BCUT2D eigenvalue weighted by Crippen LogP contribution is 2.03. The van der Waals surface area contributed by atoms with Crippen LogP contribution in [0.2, 0.25) is 0 Å². The largest absolute Gasteiger partial charge is 0.502 e. The molecule has 0 saturated carbocycles. The molecular weight excluding hydrogens is 316 g/mol. The number of methoxy groups -OCH3 is 1. The van der Waals surface area contributed by atoms with Gasteiger partial charge < -0.3 is 10.1 Å². The molecule has 0 aromatic carbocycles. The van der Waals surface area contributed by atoms with Crippen LogP contribution in [0.25, 0.3) is 0 Å². The molecular formula is C16H30N2O4S. The first kappa shape index (κ1) is 21.7. The fourth-order valence-electron chi connectivity index (χ4n) is 1.66. The number of unbranched alkanes of at least 4 members (excludes halogenated alkanes) is 1. The van der Waals surface area contributed by atoms with Crippen LogP contribution in [0, 0.1) is 0 Å². The summed E-state index contributed by atoms with van der Waals surface area (Å²) in [5, 5.41) is 2.43. The summed E-state index contributed by atoms with van der Waals surface area (Å²) in [5.74, 6) is 0.730. The van der Waals surface area contributed by atoms with Gasteiger partial charge in [-0.25, -0.2) is 13.1 Å². The minimum atomic E-state index is -3.22. The fraction of sp³-hybridized carbons (Fsp3) is 0.688. The summed E-state index contributed by atoms with van der Waals surface area (Å²) in [6, 6.07) is -0.132. The second kappa shape index (κ2) is 11.2. The highest BCUT2D eigenvalue weighted by molar-refractivity contribution is 7.90. The van der Waals surface area contributed by atoms with Gasteiger partial charge in [-0.15, -0.1) is 6.58 Å². The lowest BCUT2D eigenvalue weighted by Gasteiger charge is -2.13. The van der Waals surface area contributed by atoms with Gasteiger partial charge in [0.25, 0.3) is 0 Å². The Kier molecular flexibility index (Phi) is 10.6. The molecule has 0 fully saturated rings. The van der Waals surface area contributed by atoms with Gasteiger partial charge in [-0.1, -0.05) is 6.08 Å². The molecule has 134 valence electrons. The average Bonchev–Trinajstić information content (AvgIpc) is 2.50. The first-order chi connectivity index (χ1) is 10.7. The van der Waals surface area contributed by atoms with Gasteiger partial charge in [-0.05, 0) is 46.1 Å². The Morgan fingerprint density at radius 3 is 2.48 bits per heavy atom. The quantitative estimate of drug-likeness (QED) is 0.322. The van der Waals surface area contributed by atoms with Crippen molar-refractivity contribution in [2.75, 3.05) is 13.7 Å². The van der Waals surface area contributed by atoms with Crippen LogP contribution in [-0.4, -0.2) is 39.3 Å². The highest BCUT2D eigenvalue weighted by atomic mass is 32.2. The number of ether oxygens (including phenoxy) is 1. The van der Waals surface area contributed by atoms with Crippen LogP contribution in [0.4, 0.5) is 0 Å². The Morgan fingerprint density at radius 2 is 1.96 bits per heavy atom. The van der Waals surface area contributed by atoms with Crippen molar-refractivity contribution in [3.05, 3.63) is 24.5 Å². The van der Waals surface area contributed by atoms with Crippen molar-refractivity contribution in [1.29, 1.82) is 0 Å².